The van der Waals surface area contributed by atoms with E-state index in [1.165, 1.54) is 32.7 Å². The molecule has 1 aromatic heterocycles. The minimum Gasteiger partial charge on any atom is -0.463 e. The van der Waals surface area contributed by atoms with Gasteiger partial charge in [-0.2, -0.15) is 0 Å². The van der Waals surface area contributed by atoms with Crippen molar-refractivity contribution in [3.05, 3.63) is 36.5 Å². The number of carbonyl (C=O) groups excluding carboxylic acids is 2. The molecule has 12 nitrogen and oxygen atoms in total. The molecule has 2 aliphatic rings. The van der Waals surface area contributed by atoms with Crippen LogP contribution in [0.4, 0.5) is 0 Å². The number of benzene rings is 1. The van der Waals surface area contributed by atoms with Gasteiger partial charge < -0.3 is 28.8 Å². The van der Waals surface area contributed by atoms with Crippen molar-refractivity contribution in [2.75, 3.05) is 26.9 Å². The Balaban J connectivity index is 1.51. The monoisotopic (exact) mass is 548 g/mol. The fourth-order valence-corrected chi connectivity index (χ4v) is 6.08. The number of ether oxygens (including phenoxy) is 5. The van der Waals surface area contributed by atoms with Crippen LogP contribution in [0, 0.1) is 0 Å². The van der Waals surface area contributed by atoms with Gasteiger partial charge in [0.15, 0.2) is 6.10 Å². The Labute approximate surface area is 224 Å². The number of aliphatic hydroxyl groups is 1. The molecule has 0 bridgehead atoms. The molecule has 0 amide bonds. The standard InChI is InChI=1S/C25H32N4O8S/c1-14(30)35-12-19-23(36-15(2)31)21(26-3)24(33-4)25(37-19)38-20-13-34-11-18(22(20)32)29-10-17(27-28-29)16-8-6-5-7-9-16/h5-10,18-25,32H,3,11-13H2,1-2,4H3. The maximum absolute atomic E-state index is 11.8. The Bertz CT molecular complexity index is 1100. The first-order valence-corrected chi connectivity index (χ1v) is 13.1. The van der Waals surface area contributed by atoms with Crippen molar-refractivity contribution in [2.24, 2.45) is 4.99 Å². The number of hydrogen-bond acceptors (Lipinski definition) is 12. The van der Waals surface area contributed by atoms with E-state index < -0.39 is 59.1 Å². The lowest BCUT2D eigenvalue weighted by atomic mass is 9.97. The molecule has 2 aliphatic heterocycles. The molecule has 38 heavy (non-hydrogen) atoms. The molecule has 8 atom stereocenters. The minimum atomic E-state index is -0.877. The van der Waals surface area contributed by atoms with Gasteiger partial charge in [-0.3, -0.25) is 14.6 Å². The molecule has 4 rings (SSSR count). The predicted octanol–water partition coefficient (Wildman–Crippen LogP) is 1.28. The third-order valence-corrected chi connectivity index (χ3v) is 7.84. The molecule has 0 spiro atoms. The average molecular weight is 549 g/mol. The number of thioether (sulfide) groups is 1. The van der Waals surface area contributed by atoms with Crippen molar-refractivity contribution in [1.29, 1.82) is 0 Å². The highest BCUT2D eigenvalue weighted by molar-refractivity contribution is 8.00. The Morgan fingerprint density at radius 3 is 2.63 bits per heavy atom. The molecule has 3 heterocycles. The zero-order chi connectivity index (χ0) is 27.2. The summed E-state index contributed by atoms with van der Waals surface area (Å²) in [6.07, 6.45) is -1.43. The molecule has 13 heteroatoms. The van der Waals surface area contributed by atoms with E-state index in [0.717, 1.165) is 5.56 Å². The second-order valence-corrected chi connectivity index (χ2v) is 10.4. The quantitative estimate of drug-likeness (QED) is 0.357. The molecule has 1 aromatic carbocycles. The first-order valence-electron chi connectivity index (χ1n) is 12.2. The first kappa shape index (κ1) is 28.2. The topological polar surface area (TPSA) is 144 Å². The molecule has 8 unspecified atom stereocenters. The lowest BCUT2D eigenvalue weighted by molar-refractivity contribution is -0.196. The average Bonchev–Trinajstić information content (AvgIpc) is 3.39. The van der Waals surface area contributed by atoms with E-state index in [1.54, 1.807) is 10.9 Å². The van der Waals surface area contributed by atoms with Crippen molar-refractivity contribution in [3.63, 3.8) is 0 Å². The van der Waals surface area contributed by atoms with Crippen molar-refractivity contribution in [3.8, 4) is 11.3 Å². The maximum Gasteiger partial charge on any atom is 0.303 e. The van der Waals surface area contributed by atoms with Gasteiger partial charge in [0.05, 0.1) is 30.8 Å². The van der Waals surface area contributed by atoms with Crippen molar-refractivity contribution in [1.82, 2.24) is 15.0 Å². The van der Waals surface area contributed by atoms with Crippen molar-refractivity contribution < 1.29 is 38.4 Å². The highest BCUT2D eigenvalue weighted by Crippen LogP contribution is 2.39. The Morgan fingerprint density at radius 1 is 1.21 bits per heavy atom. The van der Waals surface area contributed by atoms with E-state index in [2.05, 4.69) is 22.0 Å². The zero-order valence-corrected chi connectivity index (χ0v) is 22.2. The molecule has 2 saturated heterocycles. The third kappa shape index (κ3) is 6.41. The van der Waals surface area contributed by atoms with Crippen molar-refractivity contribution >= 4 is 30.4 Å². The number of aliphatic imine (C=N–C) groups is 1. The van der Waals surface area contributed by atoms with Crippen LogP contribution in [0.5, 0.6) is 0 Å². The van der Waals surface area contributed by atoms with Crippen LogP contribution in [-0.4, -0.2) is 107 Å². The first-order chi connectivity index (χ1) is 18.3. The summed E-state index contributed by atoms with van der Waals surface area (Å²) in [5, 5.41) is 19.4. The van der Waals surface area contributed by atoms with Gasteiger partial charge in [0.2, 0.25) is 0 Å². The van der Waals surface area contributed by atoms with Gasteiger partial charge in [0, 0.05) is 26.5 Å². The summed E-state index contributed by atoms with van der Waals surface area (Å²) in [4.78, 5) is 27.4. The Kier molecular flexibility index (Phi) is 9.49. The summed E-state index contributed by atoms with van der Waals surface area (Å²) in [6.45, 7) is 6.57. The van der Waals surface area contributed by atoms with Crippen LogP contribution in [0.3, 0.4) is 0 Å². The van der Waals surface area contributed by atoms with E-state index in [1.807, 2.05) is 30.3 Å². The van der Waals surface area contributed by atoms with E-state index in [0.29, 0.717) is 5.69 Å². The largest absolute Gasteiger partial charge is 0.463 e. The van der Waals surface area contributed by atoms with Crippen LogP contribution in [0.1, 0.15) is 19.9 Å². The molecule has 2 aromatic rings. The summed E-state index contributed by atoms with van der Waals surface area (Å²) in [6, 6.07) is 8.46. The summed E-state index contributed by atoms with van der Waals surface area (Å²) in [5.41, 5.74) is 0.936. The van der Waals surface area contributed by atoms with Crippen LogP contribution < -0.4 is 0 Å². The van der Waals surface area contributed by atoms with E-state index in [9.17, 15) is 14.7 Å². The highest BCUT2D eigenvalue weighted by atomic mass is 32.2. The normalized spacial score (nSPS) is 31.4. The Morgan fingerprint density at radius 2 is 1.97 bits per heavy atom. The third-order valence-electron chi connectivity index (χ3n) is 6.43. The second kappa shape index (κ2) is 12.8. The molecule has 0 aliphatic carbocycles. The summed E-state index contributed by atoms with van der Waals surface area (Å²) >= 11 is 1.31. The summed E-state index contributed by atoms with van der Waals surface area (Å²) < 4.78 is 30.0. The molecule has 0 saturated carbocycles. The number of methoxy groups -OCH3 is 1. The number of rotatable bonds is 9. The fraction of sp³-hybridized carbons (Fsp3) is 0.560. The number of esters is 2. The van der Waals surface area contributed by atoms with Crippen molar-refractivity contribution in [2.45, 2.75) is 61.0 Å². The molecule has 206 valence electrons. The molecular formula is C25H32N4O8S. The Hall–Kier alpha value is -2.84. The van der Waals surface area contributed by atoms with Gasteiger partial charge in [-0.1, -0.05) is 35.5 Å². The smallest absolute Gasteiger partial charge is 0.303 e. The number of hydrogen-bond donors (Lipinski definition) is 1. The van der Waals surface area contributed by atoms with Gasteiger partial charge in [-0.05, 0) is 6.72 Å². The number of aliphatic hydroxyl groups excluding tert-OH is 1. The van der Waals surface area contributed by atoms with E-state index >= 15 is 0 Å². The van der Waals surface area contributed by atoms with Crippen LogP contribution in [0.2, 0.25) is 0 Å². The van der Waals surface area contributed by atoms with Gasteiger partial charge >= 0.3 is 11.9 Å². The van der Waals surface area contributed by atoms with E-state index in [-0.39, 0.29) is 19.8 Å². The molecule has 2 fully saturated rings. The van der Waals surface area contributed by atoms with Gasteiger partial charge in [0.25, 0.3) is 0 Å². The zero-order valence-electron chi connectivity index (χ0n) is 21.4. The second-order valence-electron chi connectivity index (χ2n) is 9.01. The maximum atomic E-state index is 11.8. The van der Waals surface area contributed by atoms with Gasteiger partial charge in [0.1, 0.15) is 42.0 Å². The number of nitrogens with zero attached hydrogens (tertiary/aromatic N) is 4. The van der Waals surface area contributed by atoms with Crippen LogP contribution in [-0.2, 0) is 33.3 Å². The lowest BCUT2D eigenvalue weighted by Crippen LogP contribution is -2.60. The van der Waals surface area contributed by atoms with Crippen LogP contribution in [0.15, 0.2) is 41.5 Å². The van der Waals surface area contributed by atoms with Crippen LogP contribution in [0.25, 0.3) is 11.3 Å². The van der Waals surface area contributed by atoms with Gasteiger partial charge in [-0.25, -0.2) is 4.68 Å². The van der Waals surface area contributed by atoms with Gasteiger partial charge in [-0.15, -0.1) is 16.9 Å². The van der Waals surface area contributed by atoms with E-state index in [4.69, 9.17) is 23.7 Å². The predicted molar refractivity (Wildman–Crippen MR) is 138 cm³/mol. The lowest BCUT2D eigenvalue weighted by Gasteiger charge is -2.45. The number of carbonyl (C=O) groups is 2. The highest BCUT2D eigenvalue weighted by Gasteiger charge is 2.50. The summed E-state index contributed by atoms with van der Waals surface area (Å²) in [7, 11) is 1.49. The summed E-state index contributed by atoms with van der Waals surface area (Å²) in [5.74, 6) is -1.04. The minimum absolute atomic E-state index is 0.152. The molecule has 0 radical (unpaired) electrons. The van der Waals surface area contributed by atoms with Crippen LogP contribution >= 0.6 is 11.8 Å². The fourth-order valence-electron chi connectivity index (χ4n) is 4.59. The SMILES string of the molecule is C=NC1C(OC(C)=O)C(COC(C)=O)OC(SC2COCC(n3cc(-c4ccccc4)nn3)C2O)C1OC. The number of aromatic nitrogens is 3. The molecular weight excluding hydrogens is 516 g/mol. The molecule has 1 N–H and O–H groups in total.